The molecule has 0 aliphatic carbocycles. The third-order valence-electron chi connectivity index (χ3n) is 4.03. The molecule has 6 nitrogen and oxygen atoms in total. The Morgan fingerprint density at radius 3 is 2.57 bits per heavy atom. The third-order valence-corrected chi connectivity index (χ3v) is 4.94. The maximum Gasteiger partial charge on any atom is 0.210 e. The number of thioether (sulfide) groups is 1. The van der Waals surface area contributed by atoms with Gasteiger partial charge in [-0.1, -0.05) is 43.8 Å². The van der Waals surface area contributed by atoms with Crippen molar-refractivity contribution in [2.24, 2.45) is 0 Å². The molecule has 148 valence electrons. The summed E-state index contributed by atoms with van der Waals surface area (Å²) in [4.78, 5) is 0. The molecule has 0 amide bonds. The molecule has 28 heavy (non-hydrogen) atoms. The number of halogens is 1. The molecular formula is C20H23FN4O2S. The van der Waals surface area contributed by atoms with E-state index in [0.29, 0.717) is 35.0 Å². The zero-order valence-electron chi connectivity index (χ0n) is 15.8. The van der Waals surface area contributed by atoms with Gasteiger partial charge in [0.1, 0.15) is 23.9 Å². The van der Waals surface area contributed by atoms with Gasteiger partial charge < -0.3 is 15.3 Å². The van der Waals surface area contributed by atoms with Crippen LogP contribution in [0.5, 0.6) is 11.5 Å². The van der Waals surface area contributed by atoms with Crippen LogP contribution >= 0.6 is 11.8 Å². The van der Waals surface area contributed by atoms with Crippen LogP contribution in [0.1, 0.15) is 31.2 Å². The number of rotatable bonds is 9. The molecule has 0 radical (unpaired) electrons. The van der Waals surface area contributed by atoms with E-state index in [1.807, 2.05) is 24.3 Å². The van der Waals surface area contributed by atoms with Crippen molar-refractivity contribution in [1.82, 2.24) is 14.9 Å². The van der Waals surface area contributed by atoms with Crippen molar-refractivity contribution in [2.75, 3.05) is 18.2 Å². The average molecular weight is 402 g/mol. The second-order valence-electron chi connectivity index (χ2n) is 6.44. The van der Waals surface area contributed by atoms with E-state index in [9.17, 15) is 4.39 Å². The van der Waals surface area contributed by atoms with Crippen LogP contribution in [0.3, 0.4) is 0 Å². The van der Waals surface area contributed by atoms with Crippen molar-refractivity contribution in [2.45, 2.75) is 31.5 Å². The second-order valence-corrected chi connectivity index (χ2v) is 7.50. The molecule has 2 N–H and O–H groups in total. The summed E-state index contributed by atoms with van der Waals surface area (Å²) in [5.74, 6) is 8.58. The zero-order chi connectivity index (χ0) is 19.9. The quantitative estimate of drug-likeness (QED) is 0.331. The van der Waals surface area contributed by atoms with Crippen LogP contribution in [0.2, 0.25) is 0 Å². The summed E-state index contributed by atoms with van der Waals surface area (Å²) in [6, 6.07) is 14.0. The Labute approximate surface area is 167 Å². The average Bonchev–Trinajstić information content (AvgIpc) is 3.04. The summed E-state index contributed by atoms with van der Waals surface area (Å²) < 4.78 is 25.8. The van der Waals surface area contributed by atoms with Crippen molar-refractivity contribution >= 4 is 11.8 Å². The number of nitrogens with two attached hydrogens (primary N) is 1. The van der Waals surface area contributed by atoms with E-state index < -0.39 is 0 Å². The highest BCUT2D eigenvalue weighted by Gasteiger charge is 2.11. The first-order valence-corrected chi connectivity index (χ1v) is 9.95. The lowest BCUT2D eigenvalue weighted by atomic mass is 10.0. The monoisotopic (exact) mass is 402 g/mol. The zero-order valence-corrected chi connectivity index (χ0v) is 16.7. The van der Waals surface area contributed by atoms with Crippen LogP contribution in [0.15, 0.2) is 53.7 Å². The highest BCUT2D eigenvalue weighted by molar-refractivity contribution is 7.99. The fourth-order valence-corrected chi connectivity index (χ4v) is 3.14. The highest BCUT2D eigenvalue weighted by atomic mass is 32.2. The largest absolute Gasteiger partial charge is 0.493 e. The molecule has 0 saturated heterocycles. The molecule has 0 aliphatic rings. The molecule has 0 aliphatic heterocycles. The topological polar surface area (TPSA) is 75.2 Å². The molecule has 0 spiro atoms. The van der Waals surface area contributed by atoms with Crippen molar-refractivity contribution in [1.29, 1.82) is 0 Å². The molecule has 0 bridgehead atoms. The number of nitrogen functional groups attached to an aromatic ring is 1. The van der Waals surface area contributed by atoms with Gasteiger partial charge in [0.2, 0.25) is 5.16 Å². The first-order chi connectivity index (χ1) is 13.5. The minimum atomic E-state index is -0.324. The Hall–Kier alpha value is -2.74. The smallest absolute Gasteiger partial charge is 0.210 e. The fourth-order valence-electron chi connectivity index (χ4n) is 2.45. The molecule has 0 unspecified atom stereocenters. The summed E-state index contributed by atoms with van der Waals surface area (Å²) >= 11 is 1.41. The lowest BCUT2D eigenvalue weighted by molar-refractivity contribution is 0.291. The Morgan fingerprint density at radius 1 is 1.07 bits per heavy atom. The minimum absolute atomic E-state index is 0.227. The lowest BCUT2D eigenvalue weighted by Gasteiger charge is -2.09. The molecule has 1 aromatic heterocycles. The molecule has 3 aromatic rings. The Balaban J connectivity index is 1.46. The predicted octanol–water partition coefficient (Wildman–Crippen LogP) is 4.00. The highest BCUT2D eigenvalue weighted by Crippen LogP contribution is 2.20. The van der Waals surface area contributed by atoms with Crippen LogP contribution in [-0.2, 0) is 6.61 Å². The molecule has 3 rings (SSSR count). The van der Waals surface area contributed by atoms with Gasteiger partial charge in [-0.2, -0.15) is 0 Å². The summed E-state index contributed by atoms with van der Waals surface area (Å²) in [7, 11) is 0. The number of benzene rings is 2. The summed E-state index contributed by atoms with van der Waals surface area (Å²) in [5, 5.41) is 8.72. The molecule has 2 aromatic carbocycles. The lowest BCUT2D eigenvalue weighted by Crippen LogP contribution is -2.16. The fraction of sp³-hybridized carbons (Fsp3) is 0.300. The van der Waals surface area contributed by atoms with Crippen molar-refractivity contribution < 1.29 is 13.9 Å². The maximum atomic E-state index is 13.1. The molecule has 0 saturated carbocycles. The summed E-state index contributed by atoms with van der Waals surface area (Å²) in [5.41, 5.74) is 1.26. The van der Waals surface area contributed by atoms with Gasteiger partial charge in [0, 0.05) is 11.8 Å². The predicted molar refractivity (Wildman–Crippen MR) is 108 cm³/mol. The Morgan fingerprint density at radius 2 is 1.86 bits per heavy atom. The number of hydrogen-bond acceptors (Lipinski definition) is 6. The molecular weight excluding hydrogens is 379 g/mol. The van der Waals surface area contributed by atoms with E-state index in [2.05, 4.69) is 24.0 Å². The van der Waals surface area contributed by atoms with Gasteiger partial charge in [0.25, 0.3) is 0 Å². The Kier molecular flexibility index (Phi) is 6.76. The van der Waals surface area contributed by atoms with Gasteiger partial charge in [0.05, 0.1) is 6.61 Å². The van der Waals surface area contributed by atoms with E-state index in [1.54, 1.807) is 12.1 Å². The SMILES string of the molecule is CC(C)c1ccc(OCc2nnc(SCCOc3cccc(F)c3)n2N)cc1. The minimum Gasteiger partial charge on any atom is -0.493 e. The maximum absolute atomic E-state index is 13.1. The van der Waals surface area contributed by atoms with Gasteiger partial charge in [-0.3, -0.25) is 0 Å². The first kappa shape index (κ1) is 20.0. The van der Waals surface area contributed by atoms with E-state index >= 15 is 0 Å². The van der Waals surface area contributed by atoms with Crippen LogP contribution in [-0.4, -0.2) is 27.2 Å². The molecule has 1 heterocycles. The van der Waals surface area contributed by atoms with Gasteiger partial charge in [-0.15, -0.1) is 10.2 Å². The second kappa shape index (κ2) is 9.45. The van der Waals surface area contributed by atoms with E-state index in [0.717, 1.165) is 5.75 Å². The summed E-state index contributed by atoms with van der Waals surface area (Å²) in [6.07, 6.45) is 0. The van der Waals surface area contributed by atoms with E-state index in [1.165, 1.54) is 34.1 Å². The van der Waals surface area contributed by atoms with Crippen LogP contribution in [0.25, 0.3) is 0 Å². The molecule has 0 fully saturated rings. The third kappa shape index (κ3) is 5.39. The first-order valence-electron chi connectivity index (χ1n) is 8.96. The van der Waals surface area contributed by atoms with Crippen LogP contribution in [0.4, 0.5) is 4.39 Å². The standard InChI is InChI=1S/C20H23FN4O2S/c1-14(2)15-6-8-17(9-7-15)27-13-19-23-24-20(25(19)22)28-11-10-26-18-5-3-4-16(21)12-18/h3-9,12,14H,10-11,13,22H2,1-2H3. The van der Waals surface area contributed by atoms with Crippen LogP contribution in [0, 0.1) is 5.82 Å². The van der Waals surface area contributed by atoms with Crippen molar-refractivity contribution in [3.63, 3.8) is 0 Å². The number of nitrogens with zero attached hydrogens (tertiary/aromatic N) is 3. The number of hydrogen-bond donors (Lipinski definition) is 1. The van der Waals surface area contributed by atoms with Gasteiger partial charge >= 0.3 is 0 Å². The van der Waals surface area contributed by atoms with Crippen molar-refractivity contribution in [3.05, 3.63) is 65.7 Å². The van der Waals surface area contributed by atoms with Gasteiger partial charge in [-0.05, 0) is 35.7 Å². The number of aromatic nitrogens is 3. The summed E-state index contributed by atoms with van der Waals surface area (Å²) in [6.45, 7) is 4.92. The van der Waals surface area contributed by atoms with Crippen LogP contribution < -0.4 is 15.3 Å². The normalized spacial score (nSPS) is 11.0. The van der Waals surface area contributed by atoms with Gasteiger partial charge in [-0.25, -0.2) is 9.07 Å². The Bertz CT molecular complexity index is 899. The van der Waals surface area contributed by atoms with E-state index in [-0.39, 0.29) is 12.4 Å². The molecule has 0 atom stereocenters. The van der Waals surface area contributed by atoms with Gasteiger partial charge in [0.15, 0.2) is 5.82 Å². The number of ether oxygens (including phenoxy) is 2. The van der Waals surface area contributed by atoms with E-state index in [4.69, 9.17) is 15.3 Å². The molecule has 8 heteroatoms. The van der Waals surface area contributed by atoms with Crippen molar-refractivity contribution in [3.8, 4) is 11.5 Å².